The van der Waals surface area contributed by atoms with Gasteiger partial charge in [0.2, 0.25) is 11.8 Å². The van der Waals surface area contributed by atoms with Gasteiger partial charge in [-0.05, 0) is 60.7 Å². The molecule has 1 amide bonds. The van der Waals surface area contributed by atoms with Crippen molar-refractivity contribution in [1.29, 1.82) is 5.26 Å². The first-order valence-electron chi connectivity index (χ1n) is 12.2. The number of nitrogens with zero attached hydrogens (tertiary/aromatic N) is 4. The molecule has 1 saturated heterocycles. The van der Waals surface area contributed by atoms with E-state index in [0.29, 0.717) is 65.5 Å². The molecule has 0 atom stereocenters. The number of oxazole rings is 1. The molecule has 0 radical (unpaired) electrons. The summed E-state index contributed by atoms with van der Waals surface area (Å²) in [4.78, 5) is 21.0. The fourth-order valence-electron chi connectivity index (χ4n) is 4.53. The van der Waals surface area contributed by atoms with E-state index in [1.54, 1.807) is 36.4 Å². The van der Waals surface area contributed by atoms with Gasteiger partial charge >= 0.3 is 6.18 Å². The molecule has 0 saturated carbocycles. The number of fused-ring (bicyclic) bond motifs is 1. The lowest BCUT2D eigenvalue weighted by Crippen LogP contribution is -2.48. The van der Waals surface area contributed by atoms with Crippen LogP contribution in [0, 0.1) is 11.3 Å². The van der Waals surface area contributed by atoms with Gasteiger partial charge in [-0.25, -0.2) is 4.98 Å². The Hall–Kier alpha value is -4.40. The van der Waals surface area contributed by atoms with Crippen molar-refractivity contribution in [2.75, 3.05) is 42.9 Å². The summed E-state index contributed by atoms with van der Waals surface area (Å²) in [6.07, 6.45) is -4.36. The average Bonchev–Trinajstić information content (AvgIpc) is 3.37. The summed E-state index contributed by atoms with van der Waals surface area (Å²) >= 11 is 0. The van der Waals surface area contributed by atoms with Crippen molar-refractivity contribution in [2.24, 2.45) is 0 Å². The van der Waals surface area contributed by atoms with E-state index >= 15 is 0 Å². The molecule has 11 heteroatoms. The fraction of sp³-hybridized carbons (Fsp3) is 0.250. The molecular formula is C28H24F3N5O3. The Balaban J connectivity index is 1.15. The summed E-state index contributed by atoms with van der Waals surface area (Å²) in [5, 5.41) is 21.6. The zero-order valence-electron chi connectivity index (χ0n) is 20.7. The number of halogens is 3. The van der Waals surface area contributed by atoms with Crippen LogP contribution in [0.5, 0.6) is 0 Å². The summed E-state index contributed by atoms with van der Waals surface area (Å²) in [5.41, 5.74) is 3.08. The number of benzene rings is 3. The lowest BCUT2D eigenvalue weighted by Gasteiger charge is -2.35. The van der Waals surface area contributed by atoms with Crippen molar-refractivity contribution in [3.63, 3.8) is 0 Å². The first-order valence-corrected chi connectivity index (χ1v) is 12.2. The van der Waals surface area contributed by atoms with E-state index in [1.165, 1.54) is 12.1 Å². The van der Waals surface area contributed by atoms with Gasteiger partial charge in [-0.3, -0.25) is 9.69 Å². The quantitative estimate of drug-likeness (QED) is 0.371. The molecule has 1 aromatic heterocycles. The second-order valence-corrected chi connectivity index (χ2v) is 9.21. The molecule has 0 unspecified atom stereocenters. The van der Waals surface area contributed by atoms with Crippen LogP contribution in [0.15, 0.2) is 65.1 Å². The largest absolute Gasteiger partial charge is 0.436 e. The lowest BCUT2D eigenvalue weighted by atomic mass is 10.1. The average molecular weight is 536 g/mol. The van der Waals surface area contributed by atoms with Crippen molar-refractivity contribution in [2.45, 2.75) is 12.8 Å². The number of rotatable bonds is 6. The molecule has 8 nitrogen and oxygen atoms in total. The van der Waals surface area contributed by atoms with Crippen molar-refractivity contribution < 1.29 is 27.5 Å². The molecular weight excluding hydrogens is 511 g/mol. The summed E-state index contributed by atoms with van der Waals surface area (Å²) in [7, 11) is 0. The van der Waals surface area contributed by atoms with Crippen molar-refractivity contribution in [1.82, 2.24) is 9.88 Å². The molecule has 2 heterocycles. The predicted octanol–water partition coefficient (Wildman–Crippen LogP) is 4.64. The maximum Gasteiger partial charge on any atom is 0.416 e. The molecule has 1 fully saturated rings. The van der Waals surface area contributed by atoms with Crippen LogP contribution in [0.4, 0.5) is 24.5 Å². The number of alkyl halides is 3. The molecule has 0 aliphatic carbocycles. The minimum atomic E-state index is -4.36. The molecule has 0 bridgehead atoms. The highest BCUT2D eigenvalue weighted by Crippen LogP contribution is 2.31. The van der Waals surface area contributed by atoms with Gasteiger partial charge in [0, 0.05) is 48.7 Å². The highest BCUT2D eigenvalue weighted by molar-refractivity contribution is 5.92. The Labute approximate surface area is 221 Å². The molecule has 4 aromatic rings. The van der Waals surface area contributed by atoms with Crippen molar-refractivity contribution >= 4 is 28.4 Å². The van der Waals surface area contributed by atoms with Gasteiger partial charge in [0.25, 0.3) is 0 Å². The number of nitrogens with one attached hydrogen (secondary N) is 1. The number of anilines is 2. The van der Waals surface area contributed by atoms with E-state index in [1.807, 2.05) is 15.9 Å². The third kappa shape index (κ3) is 5.87. The number of amides is 1. The maximum atomic E-state index is 12.8. The molecule has 0 spiro atoms. The zero-order valence-corrected chi connectivity index (χ0v) is 20.7. The van der Waals surface area contributed by atoms with Gasteiger partial charge in [-0.15, -0.1) is 0 Å². The molecule has 39 heavy (non-hydrogen) atoms. The van der Waals surface area contributed by atoms with Crippen LogP contribution in [0.25, 0.3) is 22.6 Å². The van der Waals surface area contributed by atoms with Crippen LogP contribution in [0.1, 0.15) is 16.7 Å². The van der Waals surface area contributed by atoms with Gasteiger partial charge in [0.15, 0.2) is 5.58 Å². The second kappa shape index (κ2) is 10.8. The lowest BCUT2D eigenvalue weighted by molar-refractivity contribution is -0.137. The molecule has 200 valence electrons. The molecule has 1 aliphatic heterocycles. The summed E-state index contributed by atoms with van der Waals surface area (Å²) in [5.74, 6) is 0.155. The number of aliphatic hydroxyl groups is 1. The smallest absolute Gasteiger partial charge is 0.416 e. The van der Waals surface area contributed by atoms with Crippen LogP contribution in [0.2, 0.25) is 0 Å². The number of piperazine rings is 1. The minimum absolute atomic E-state index is 0.177. The molecule has 5 rings (SSSR count). The number of nitriles is 1. The Morgan fingerprint density at radius 2 is 1.74 bits per heavy atom. The number of aliphatic hydroxyl groups excluding tert-OH is 1. The Bertz CT molecular complexity index is 1520. The standard InChI is InChI=1S/C28H24F3N5O3/c29-28(30,31)21-3-7-23(8-4-21)36-11-9-35(10-12-36)16-25(38)33-22-5-1-19(2-6-22)27-34-24-14-18(15-32)13-20(17-37)26(24)39-27/h1-8,13-14,37H,9-12,16-17H2,(H,33,38). The van der Waals surface area contributed by atoms with E-state index in [0.717, 1.165) is 17.8 Å². The summed E-state index contributed by atoms with van der Waals surface area (Å²) in [6.45, 7) is 2.33. The fourth-order valence-corrected chi connectivity index (χ4v) is 4.53. The topological polar surface area (TPSA) is 106 Å². The third-order valence-electron chi connectivity index (χ3n) is 6.58. The van der Waals surface area contributed by atoms with E-state index in [2.05, 4.69) is 10.3 Å². The predicted molar refractivity (Wildman–Crippen MR) is 139 cm³/mol. The number of hydrogen-bond acceptors (Lipinski definition) is 7. The number of aromatic nitrogens is 1. The van der Waals surface area contributed by atoms with Crippen molar-refractivity contribution in [3.05, 3.63) is 77.4 Å². The number of hydrogen-bond donors (Lipinski definition) is 2. The normalized spacial score (nSPS) is 14.4. The van der Waals surface area contributed by atoms with Gasteiger partial charge in [-0.1, -0.05) is 0 Å². The highest BCUT2D eigenvalue weighted by Gasteiger charge is 2.30. The van der Waals surface area contributed by atoms with Gasteiger partial charge in [-0.2, -0.15) is 18.4 Å². The number of carbonyl (C=O) groups is 1. The molecule has 3 aromatic carbocycles. The van der Waals surface area contributed by atoms with E-state index in [9.17, 15) is 28.3 Å². The van der Waals surface area contributed by atoms with Crippen LogP contribution in [-0.4, -0.2) is 53.6 Å². The SMILES string of the molecule is N#Cc1cc(CO)c2oc(-c3ccc(NC(=O)CN4CCN(c5ccc(C(F)(F)F)cc5)CC4)cc3)nc2c1. The Morgan fingerprint density at radius 1 is 1.05 bits per heavy atom. The van der Waals surface area contributed by atoms with Crippen LogP contribution in [0.3, 0.4) is 0 Å². The van der Waals surface area contributed by atoms with Crippen LogP contribution >= 0.6 is 0 Å². The second-order valence-electron chi connectivity index (χ2n) is 9.21. The first kappa shape index (κ1) is 26.2. The van der Waals surface area contributed by atoms with Crippen molar-refractivity contribution in [3.8, 4) is 17.5 Å². The van der Waals surface area contributed by atoms with E-state index < -0.39 is 11.7 Å². The summed E-state index contributed by atoms with van der Waals surface area (Å²) < 4.78 is 44.2. The van der Waals surface area contributed by atoms with E-state index in [-0.39, 0.29) is 19.1 Å². The minimum Gasteiger partial charge on any atom is -0.436 e. The Kier molecular flexibility index (Phi) is 7.24. The zero-order chi connectivity index (χ0) is 27.6. The van der Waals surface area contributed by atoms with Crippen LogP contribution in [-0.2, 0) is 17.6 Å². The molecule has 1 aliphatic rings. The Morgan fingerprint density at radius 3 is 2.36 bits per heavy atom. The first-order chi connectivity index (χ1) is 18.7. The molecule has 2 N–H and O–H groups in total. The number of carbonyl (C=O) groups excluding carboxylic acids is 1. The van der Waals surface area contributed by atoms with E-state index in [4.69, 9.17) is 4.42 Å². The van der Waals surface area contributed by atoms with Gasteiger partial charge in [0.1, 0.15) is 5.52 Å². The highest BCUT2D eigenvalue weighted by atomic mass is 19.4. The van der Waals surface area contributed by atoms with Gasteiger partial charge < -0.3 is 19.7 Å². The third-order valence-corrected chi connectivity index (χ3v) is 6.58. The summed E-state index contributed by atoms with van der Waals surface area (Å²) in [6, 6.07) is 17.3. The monoisotopic (exact) mass is 535 g/mol. The maximum absolute atomic E-state index is 12.8. The van der Waals surface area contributed by atoms with Crippen LogP contribution < -0.4 is 10.2 Å². The van der Waals surface area contributed by atoms with Gasteiger partial charge in [0.05, 0.1) is 30.3 Å².